The van der Waals surface area contributed by atoms with Crippen LogP contribution in [0.4, 0.5) is 0 Å². The lowest BCUT2D eigenvalue weighted by atomic mass is 10.2. The Balaban J connectivity index is 1.88. The summed E-state index contributed by atoms with van der Waals surface area (Å²) in [6, 6.07) is 10.4. The SMILES string of the molecule is CCOC(=O)c1cccnc1Oc1cccc(-n2cnnn2)c1. The Kier molecular flexibility index (Phi) is 4.23. The highest BCUT2D eigenvalue weighted by Gasteiger charge is 2.15. The molecule has 8 nitrogen and oxygen atoms in total. The molecule has 0 saturated carbocycles. The summed E-state index contributed by atoms with van der Waals surface area (Å²) in [5.41, 5.74) is 0.989. The molecular weight excluding hydrogens is 298 g/mol. The summed E-state index contributed by atoms with van der Waals surface area (Å²) < 4.78 is 12.2. The molecule has 0 N–H and O–H groups in total. The number of ether oxygens (including phenoxy) is 2. The molecule has 0 radical (unpaired) electrons. The first-order chi connectivity index (χ1) is 11.3. The molecule has 3 rings (SSSR count). The van der Waals surface area contributed by atoms with Crippen molar-refractivity contribution >= 4 is 5.97 Å². The van der Waals surface area contributed by atoms with E-state index in [2.05, 4.69) is 20.5 Å². The van der Waals surface area contributed by atoms with Gasteiger partial charge in [-0.25, -0.2) is 14.5 Å². The van der Waals surface area contributed by atoms with Gasteiger partial charge in [-0.1, -0.05) is 6.07 Å². The van der Waals surface area contributed by atoms with Gasteiger partial charge in [-0.15, -0.1) is 5.10 Å². The minimum Gasteiger partial charge on any atom is -0.462 e. The Hall–Kier alpha value is -3.29. The van der Waals surface area contributed by atoms with Gasteiger partial charge in [0.2, 0.25) is 5.88 Å². The van der Waals surface area contributed by atoms with Crippen LogP contribution in [0.15, 0.2) is 48.9 Å². The van der Waals surface area contributed by atoms with Gasteiger partial charge in [0.05, 0.1) is 12.3 Å². The first-order valence-corrected chi connectivity index (χ1v) is 6.91. The van der Waals surface area contributed by atoms with Gasteiger partial charge in [-0.3, -0.25) is 0 Å². The Morgan fingerprint density at radius 2 is 2.17 bits per heavy atom. The van der Waals surface area contributed by atoms with Gasteiger partial charge >= 0.3 is 5.97 Å². The van der Waals surface area contributed by atoms with E-state index in [0.29, 0.717) is 5.75 Å². The fourth-order valence-electron chi connectivity index (χ4n) is 1.92. The molecule has 0 bridgehead atoms. The Bertz CT molecular complexity index is 804. The third-order valence-electron chi connectivity index (χ3n) is 2.91. The van der Waals surface area contributed by atoms with Gasteiger partial charge in [0, 0.05) is 12.3 Å². The van der Waals surface area contributed by atoms with Gasteiger partial charge < -0.3 is 9.47 Å². The summed E-state index contributed by atoms with van der Waals surface area (Å²) in [6.07, 6.45) is 3.02. The molecule has 0 fully saturated rings. The lowest BCUT2D eigenvalue weighted by Crippen LogP contribution is -2.07. The van der Waals surface area contributed by atoms with Crippen molar-refractivity contribution in [2.45, 2.75) is 6.92 Å². The van der Waals surface area contributed by atoms with Crippen molar-refractivity contribution in [3.05, 3.63) is 54.5 Å². The van der Waals surface area contributed by atoms with Crippen LogP contribution in [0.3, 0.4) is 0 Å². The van der Waals surface area contributed by atoms with Crippen LogP contribution in [0.2, 0.25) is 0 Å². The van der Waals surface area contributed by atoms with Crippen LogP contribution >= 0.6 is 0 Å². The lowest BCUT2D eigenvalue weighted by Gasteiger charge is -2.10. The maximum atomic E-state index is 11.9. The topological polar surface area (TPSA) is 92.0 Å². The number of carbonyl (C=O) groups excluding carboxylic acids is 1. The van der Waals surface area contributed by atoms with Crippen molar-refractivity contribution in [3.63, 3.8) is 0 Å². The van der Waals surface area contributed by atoms with Crippen molar-refractivity contribution in [3.8, 4) is 17.3 Å². The van der Waals surface area contributed by atoms with Crippen molar-refractivity contribution in [1.82, 2.24) is 25.2 Å². The maximum Gasteiger partial charge on any atom is 0.343 e. The summed E-state index contributed by atoms with van der Waals surface area (Å²) in [5.74, 6) is 0.203. The molecule has 0 saturated heterocycles. The molecule has 23 heavy (non-hydrogen) atoms. The normalized spacial score (nSPS) is 10.3. The summed E-state index contributed by atoms with van der Waals surface area (Å²) in [7, 11) is 0. The van der Waals surface area contributed by atoms with Crippen molar-refractivity contribution < 1.29 is 14.3 Å². The van der Waals surface area contributed by atoms with Crippen molar-refractivity contribution in [1.29, 1.82) is 0 Å². The minimum absolute atomic E-state index is 0.180. The first kappa shape index (κ1) is 14.6. The summed E-state index contributed by atoms with van der Waals surface area (Å²) in [6.45, 7) is 2.02. The molecule has 0 amide bonds. The van der Waals surface area contributed by atoms with E-state index < -0.39 is 5.97 Å². The molecule has 3 aromatic rings. The average Bonchev–Trinajstić information content (AvgIpc) is 3.10. The molecule has 1 aromatic carbocycles. The molecule has 0 atom stereocenters. The van der Waals surface area contributed by atoms with Crippen LogP contribution in [-0.2, 0) is 4.74 Å². The van der Waals surface area contributed by atoms with E-state index >= 15 is 0 Å². The van der Waals surface area contributed by atoms with Gasteiger partial charge in [0.25, 0.3) is 0 Å². The third kappa shape index (κ3) is 3.31. The highest BCUT2D eigenvalue weighted by Crippen LogP contribution is 2.25. The largest absolute Gasteiger partial charge is 0.462 e. The lowest BCUT2D eigenvalue weighted by molar-refractivity contribution is 0.0522. The van der Waals surface area contributed by atoms with Crippen molar-refractivity contribution in [2.24, 2.45) is 0 Å². The fourth-order valence-corrected chi connectivity index (χ4v) is 1.92. The quantitative estimate of drug-likeness (QED) is 0.665. The van der Waals surface area contributed by atoms with E-state index in [9.17, 15) is 4.79 Å². The number of hydrogen-bond acceptors (Lipinski definition) is 7. The van der Waals surface area contributed by atoms with Gasteiger partial charge in [0.15, 0.2) is 0 Å². The number of esters is 1. The Morgan fingerprint density at radius 3 is 2.96 bits per heavy atom. The summed E-state index contributed by atoms with van der Waals surface area (Å²) in [4.78, 5) is 16.0. The molecule has 0 spiro atoms. The highest BCUT2D eigenvalue weighted by molar-refractivity contribution is 5.91. The van der Waals surface area contributed by atoms with E-state index in [1.807, 2.05) is 6.07 Å². The minimum atomic E-state index is -0.479. The first-order valence-electron chi connectivity index (χ1n) is 6.91. The number of tetrazole rings is 1. The second kappa shape index (κ2) is 6.65. The smallest absolute Gasteiger partial charge is 0.343 e. The fraction of sp³-hybridized carbons (Fsp3) is 0.133. The van der Waals surface area contributed by atoms with E-state index in [0.717, 1.165) is 5.69 Å². The Morgan fingerprint density at radius 1 is 1.26 bits per heavy atom. The third-order valence-corrected chi connectivity index (χ3v) is 2.91. The van der Waals surface area contributed by atoms with E-state index in [1.165, 1.54) is 11.0 Å². The van der Waals surface area contributed by atoms with Crippen molar-refractivity contribution in [2.75, 3.05) is 6.61 Å². The predicted molar refractivity (Wildman–Crippen MR) is 79.4 cm³/mol. The maximum absolute atomic E-state index is 11.9. The van der Waals surface area contributed by atoms with Crippen LogP contribution in [0.25, 0.3) is 5.69 Å². The van der Waals surface area contributed by atoms with Crippen LogP contribution in [0.1, 0.15) is 17.3 Å². The van der Waals surface area contributed by atoms with E-state index in [1.54, 1.807) is 43.5 Å². The van der Waals surface area contributed by atoms with Gasteiger partial charge in [-0.05, 0) is 41.6 Å². The monoisotopic (exact) mass is 311 g/mol. The van der Waals surface area contributed by atoms with Crippen LogP contribution < -0.4 is 4.74 Å². The van der Waals surface area contributed by atoms with Crippen LogP contribution in [-0.4, -0.2) is 37.8 Å². The number of rotatable bonds is 5. The number of aromatic nitrogens is 5. The van der Waals surface area contributed by atoms with Crippen LogP contribution in [0.5, 0.6) is 11.6 Å². The molecule has 2 aromatic heterocycles. The van der Waals surface area contributed by atoms with Gasteiger partial charge in [-0.2, -0.15) is 0 Å². The van der Waals surface area contributed by atoms with Gasteiger partial charge in [0.1, 0.15) is 17.6 Å². The molecule has 0 aliphatic heterocycles. The summed E-state index contributed by atoms with van der Waals surface area (Å²) >= 11 is 0. The predicted octanol–water partition coefficient (Wildman–Crippen LogP) is 2.03. The second-order valence-corrected chi connectivity index (χ2v) is 4.43. The molecular formula is C15H13N5O3. The number of hydrogen-bond donors (Lipinski definition) is 0. The number of benzene rings is 1. The number of pyridine rings is 1. The molecule has 0 unspecified atom stereocenters. The molecule has 0 aliphatic carbocycles. The number of carbonyl (C=O) groups is 1. The zero-order valence-corrected chi connectivity index (χ0v) is 12.3. The summed E-state index contributed by atoms with van der Waals surface area (Å²) in [5, 5.41) is 11.0. The average molecular weight is 311 g/mol. The zero-order valence-electron chi connectivity index (χ0n) is 12.3. The standard InChI is InChI=1S/C15H13N5O3/c1-2-22-15(21)13-7-4-8-16-14(13)23-12-6-3-5-11(9-12)20-10-17-18-19-20/h3-10H,2H2,1H3. The zero-order chi connectivity index (χ0) is 16.1. The Labute approximate surface area is 131 Å². The number of nitrogens with zero attached hydrogens (tertiary/aromatic N) is 5. The van der Waals surface area contributed by atoms with E-state index in [-0.39, 0.29) is 18.1 Å². The highest BCUT2D eigenvalue weighted by atomic mass is 16.5. The van der Waals surface area contributed by atoms with Crippen LogP contribution in [0, 0.1) is 0 Å². The van der Waals surface area contributed by atoms with E-state index in [4.69, 9.17) is 9.47 Å². The molecule has 8 heteroatoms. The molecule has 2 heterocycles. The second-order valence-electron chi connectivity index (χ2n) is 4.43. The molecule has 0 aliphatic rings. The molecule has 116 valence electrons.